The summed E-state index contributed by atoms with van der Waals surface area (Å²) in [6.45, 7) is 0.0807. The van der Waals surface area contributed by atoms with Crippen LogP contribution in [0.3, 0.4) is 0 Å². The molecule has 0 aliphatic rings. The predicted octanol–water partition coefficient (Wildman–Crippen LogP) is 1.20. The second-order valence-electron chi connectivity index (χ2n) is 3.28. The number of halogens is 1. The molecule has 0 saturated carbocycles. The van der Waals surface area contributed by atoms with E-state index in [0.29, 0.717) is 12.1 Å². The van der Waals surface area contributed by atoms with Crippen LogP contribution in [0.25, 0.3) is 0 Å². The molecule has 6 heteroatoms. The lowest BCUT2D eigenvalue weighted by atomic mass is 10.1. The highest BCUT2D eigenvalue weighted by Gasteiger charge is 2.08. The van der Waals surface area contributed by atoms with Gasteiger partial charge in [0, 0.05) is 18.2 Å². The molecule has 1 aromatic rings. The highest BCUT2D eigenvalue weighted by Crippen LogP contribution is 2.11. The fourth-order valence-electron chi connectivity index (χ4n) is 1.20. The first kappa shape index (κ1) is 13.3. The van der Waals surface area contributed by atoms with Crippen molar-refractivity contribution in [3.05, 3.63) is 29.8 Å². The Morgan fingerprint density at radius 1 is 1.25 bits per heavy atom. The minimum Gasteiger partial charge on any atom is -0.396 e. The summed E-state index contributed by atoms with van der Waals surface area (Å²) in [5, 5.41) is 8.72. The Balaban J connectivity index is 2.68. The normalized spacial score (nSPS) is 11.4. The molecule has 16 heavy (non-hydrogen) atoms. The zero-order chi connectivity index (χ0) is 12.0. The highest BCUT2D eigenvalue weighted by molar-refractivity contribution is 7.92. The van der Waals surface area contributed by atoms with Gasteiger partial charge >= 0.3 is 0 Å². The molecule has 0 fully saturated rings. The molecule has 0 heterocycles. The summed E-state index contributed by atoms with van der Waals surface area (Å²) in [5.41, 5.74) is 1.47. The molecule has 0 aliphatic heterocycles. The van der Waals surface area contributed by atoms with E-state index in [-0.39, 0.29) is 18.2 Å². The summed E-state index contributed by atoms with van der Waals surface area (Å²) >= 11 is 5.37. The number of benzene rings is 1. The molecule has 1 aromatic carbocycles. The van der Waals surface area contributed by atoms with E-state index in [0.717, 1.165) is 5.56 Å². The van der Waals surface area contributed by atoms with Crippen molar-refractivity contribution in [2.45, 2.75) is 6.42 Å². The fraction of sp³-hybridized carbons (Fsp3) is 0.400. The Bertz CT molecular complexity index is 416. The number of aliphatic hydroxyl groups excluding tert-OH is 1. The maximum atomic E-state index is 11.4. The van der Waals surface area contributed by atoms with E-state index in [4.69, 9.17) is 16.7 Å². The third kappa shape index (κ3) is 4.38. The molecular weight excluding hydrogens is 250 g/mol. The zero-order valence-corrected chi connectivity index (χ0v) is 10.3. The molecule has 90 valence electrons. The number of sulfonamides is 1. The summed E-state index contributed by atoms with van der Waals surface area (Å²) in [6, 6.07) is 6.87. The summed E-state index contributed by atoms with van der Waals surface area (Å²) in [7, 11) is -3.34. The van der Waals surface area contributed by atoms with Crippen molar-refractivity contribution in [1.82, 2.24) is 0 Å². The van der Waals surface area contributed by atoms with Crippen molar-refractivity contribution in [3.63, 3.8) is 0 Å². The van der Waals surface area contributed by atoms with Gasteiger partial charge in [-0.05, 0) is 24.1 Å². The van der Waals surface area contributed by atoms with Crippen LogP contribution < -0.4 is 4.72 Å². The molecule has 0 unspecified atom stereocenters. The minimum absolute atomic E-state index is 0.0674. The summed E-state index contributed by atoms with van der Waals surface area (Å²) < 4.78 is 25.2. The Morgan fingerprint density at radius 2 is 1.88 bits per heavy atom. The van der Waals surface area contributed by atoms with Gasteiger partial charge in [-0.15, -0.1) is 11.6 Å². The lowest BCUT2D eigenvalue weighted by molar-refractivity contribution is 0.299. The van der Waals surface area contributed by atoms with Crippen LogP contribution in [-0.2, 0) is 16.4 Å². The number of rotatable bonds is 6. The smallest absolute Gasteiger partial charge is 0.233 e. The van der Waals surface area contributed by atoms with E-state index in [1.165, 1.54) is 0 Å². The summed E-state index contributed by atoms with van der Waals surface area (Å²) in [4.78, 5) is 0. The van der Waals surface area contributed by atoms with Crippen molar-refractivity contribution in [2.24, 2.45) is 0 Å². The van der Waals surface area contributed by atoms with Gasteiger partial charge in [-0.2, -0.15) is 0 Å². The Morgan fingerprint density at radius 3 is 2.38 bits per heavy atom. The molecule has 0 aliphatic carbocycles. The molecule has 4 nitrogen and oxygen atoms in total. The third-order valence-corrected chi connectivity index (χ3v) is 3.68. The van der Waals surface area contributed by atoms with Crippen molar-refractivity contribution in [3.8, 4) is 0 Å². The van der Waals surface area contributed by atoms with Gasteiger partial charge in [-0.25, -0.2) is 8.42 Å². The number of aliphatic hydroxyl groups is 1. The van der Waals surface area contributed by atoms with Gasteiger partial charge in [-0.1, -0.05) is 12.1 Å². The topological polar surface area (TPSA) is 66.4 Å². The van der Waals surface area contributed by atoms with Crippen LogP contribution in [-0.4, -0.2) is 31.8 Å². The van der Waals surface area contributed by atoms with E-state index >= 15 is 0 Å². The quantitative estimate of drug-likeness (QED) is 0.758. The van der Waals surface area contributed by atoms with Gasteiger partial charge in [0.1, 0.15) is 0 Å². The maximum absolute atomic E-state index is 11.4. The number of nitrogens with one attached hydrogen (secondary N) is 1. The van der Waals surface area contributed by atoms with Crippen molar-refractivity contribution < 1.29 is 13.5 Å². The molecule has 2 N–H and O–H groups in total. The second kappa shape index (κ2) is 6.08. The average Bonchev–Trinajstić information content (AvgIpc) is 2.21. The van der Waals surface area contributed by atoms with Gasteiger partial charge < -0.3 is 5.11 Å². The molecule has 0 spiro atoms. The van der Waals surface area contributed by atoms with Gasteiger partial charge in [0.05, 0.1) is 5.75 Å². The maximum Gasteiger partial charge on any atom is 0.233 e. The molecule has 0 aromatic heterocycles. The first-order valence-electron chi connectivity index (χ1n) is 4.83. The van der Waals surface area contributed by atoms with Crippen molar-refractivity contribution in [2.75, 3.05) is 23.0 Å². The van der Waals surface area contributed by atoms with Crippen LogP contribution in [0.2, 0.25) is 0 Å². The summed E-state index contributed by atoms with van der Waals surface area (Å²) in [6.07, 6.45) is 0.564. The predicted molar refractivity (Wildman–Crippen MR) is 65.4 cm³/mol. The van der Waals surface area contributed by atoms with Gasteiger partial charge in [0.15, 0.2) is 0 Å². The van der Waals surface area contributed by atoms with Crippen LogP contribution >= 0.6 is 11.6 Å². The van der Waals surface area contributed by atoms with Gasteiger partial charge in [-0.3, -0.25) is 4.72 Å². The van der Waals surface area contributed by atoms with E-state index in [1.807, 2.05) is 0 Å². The monoisotopic (exact) mass is 263 g/mol. The fourth-order valence-corrected chi connectivity index (χ4v) is 2.61. The Kier molecular flexibility index (Phi) is 5.05. The SMILES string of the molecule is O=S(=O)(CCCl)Nc1ccc(CCO)cc1. The number of anilines is 1. The number of hydrogen-bond donors (Lipinski definition) is 2. The first-order chi connectivity index (χ1) is 7.57. The minimum atomic E-state index is -3.34. The number of alkyl halides is 1. The van der Waals surface area contributed by atoms with Gasteiger partial charge in [0.2, 0.25) is 10.0 Å². The zero-order valence-electron chi connectivity index (χ0n) is 8.69. The molecule has 0 saturated heterocycles. The van der Waals surface area contributed by atoms with Crippen LogP contribution in [0, 0.1) is 0 Å². The Labute approximate surface area is 100 Å². The van der Waals surface area contributed by atoms with Gasteiger partial charge in [0.25, 0.3) is 0 Å². The van der Waals surface area contributed by atoms with E-state index in [2.05, 4.69) is 4.72 Å². The molecule has 1 rings (SSSR count). The molecule has 0 radical (unpaired) electrons. The highest BCUT2D eigenvalue weighted by atomic mass is 35.5. The number of hydrogen-bond acceptors (Lipinski definition) is 3. The third-order valence-electron chi connectivity index (χ3n) is 1.97. The van der Waals surface area contributed by atoms with Crippen molar-refractivity contribution in [1.29, 1.82) is 0 Å². The molecule has 0 bridgehead atoms. The van der Waals surface area contributed by atoms with Crippen LogP contribution in [0.15, 0.2) is 24.3 Å². The van der Waals surface area contributed by atoms with E-state index in [9.17, 15) is 8.42 Å². The van der Waals surface area contributed by atoms with Crippen molar-refractivity contribution >= 4 is 27.3 Å². The largest absolute Gasteiger partial charge is 0.396 e. The average molecular weight is 264 g/mol. The van der Waals surface area contributed by atoms with Crippen LogP contribution in [0.4, 0.5) is 5.69 Å². The van der Waals surface area contributed by atoms with Crippen LogP contribution in [0.1, 0.15) is 5.56 Å². The second-order valence-corrected chi connectivity index (χ2v) is 5.50. The lowest BCUT2D eigenvalue weighted by Crippen LogP contribution is -2.17. The lowest BCUT2D eigenvalue weighted by Gasteiger charge is -2.07. The molecular formula is C10H14ClNO3S. The Hall–Kier alpha value is -0.780. The first-order valence-corrected chi connectivity index (χ1v) is 7.02. The molecule has 0 amide bonds. The van der Waals surface area contributed by atoms with E-state index < -0.39 is 10.0 Å². The molecule has 0 atom stereocenters. The standard InChI is InChI=1S/C10H14ClNO3S/c11-6-8-16(14,15)12-10-3-1-9(2-4-10)5-7-13/h1-4,12-13H,5-8H2. The van der Waals surface area contributed by atoms with Crippen LogP contribution in [0.5, 0.6) is 0 Å². The van der Waals surface area contributed by atoms with E-state index in [1.54, 1.807) is 24.3 Å². The summed E-state index contributed by atoms with van der Waals surface area (Å²) in [5.74, 6) is -0.0368.